The first-order valence-corrected chi connectivity index (χ1v) is 8.90. The van der Waals surface area contributed by atoms with Crippen LogP contribution in [0, 0.1) is 5.92 Å². The topological polar surface area (TPSA) is 46.2 Å². The lowest BCUT2D eigenvalue weighted by molar-refractivity contribution is 0.269. The molecule has 0 aromatic carbocycles. The highest BCUT2D eigenvalue weighted by Crippen LogP contribution is 2.27. The molecule has 0 heterocycles. The van der Waals surface area contributed by atoms with Crippen LogP contribution in [0.1, 0.15) is 52.4 Å². The monoisotopic (exact) mass is 261 g/mol. The van der Waals surface area contributed by atoms with E-state index in [1.165, 1.54) is 44.8 Å². The third-order valence-electron chi connectivity index (χ3n) is 3.62. The number of hydrogen-bond acceptors (Lipinski definition) is 3. The Bertz CT molecular complexity index is 305. The van der Waals surface area contributed by atoms with Crippen LogP contribution in [0.2, 0.25) is 0 Å². The first-order valence-electron chi connectivity index (χ1n) is 6.84. The summed E-state index contributed by atoms with van der Waals surface area (Å²) in [5, 5.41) is 3.46. The molecule has 17 heavy (non-hydrogen) atoms. The number of rotatable bonds is 6. The van der Waals surface area contributed by atoms with Gasteiger partial charge in [0.15, 0.2) is 0 Å². The van der Waals surface area contributed by atoms with Crippen molar-refractivity contribution >= 4 is 9.84 Å². The Balaban J connectivity index is 2.26. The molecule has 0 saturated heterocycles. The zero-order valence-corrected chi connectivity index (χ0v) is 12.2. The Morgan fingerprint density at radius 1 is 1.24 bits per heavy atom. The zero-order chi connectivity index (χ0) is 12.9. The second kappa shape index (κ2) is 6.74. The minimum absolute atomic E-state index is 0.0812. The molecule has 1 N–H and O–H groups in total. The zero-order valence-electron chi connectivity index (χ0n) is 11.4. The van der Waals surface area contributed by atoms with E-state index < -0.39 is 9.84 Å². The summed E-state index contributed by atoms with van der Waals surface area (Å²) in [5.41, 5.74) is 0. The molecule has 1 aliphatic rings. The fourth-order valence-corrected chi connectivity index (χ4v) is 3.94. The Kier molecular flexibility index (Phi) is 5.93. The second-order valence-electron chi connectivity index (χ2n) is 5.67. The Hall–Kier alpha value is -0.0900. The molecule has 0 aromatic rings. The van der Waals surface area contributed by atoms with E-state index in [0.717, 1.165) is 5.92 Å². The van der Waals surface area contributed by atoms with Crippen LogP contribution < -0.4 is 5.32 Å². The van der Waals surface area contributed by atoms with Crippen LogP contribution in [-0.4, -0.2) is 32.5 Å². The van der Waals surface area contributed by atoms with Gasteiger partial charge in [-0.2, -0.15) is 0 Å². The maximum absolute atomic E-state index is 11.2. The fraction of sp³-hybridized carbons (Fsp3) is 1.00. The summed E-state index contributed by atoms with van der Waals surface area (Å²) in [6.45, 7) is 4.22. The van der Waals surface area contributed by atoms with Crippen LogP contribution in [0.5, 0.6) is 0 Å². The summed E-state index contributed by atoms with van der Waals surface area (Å²) in [6, 6.07) is 0.609. The van der Waals surface area contributed by atoms with E-state index in [4.69, 9.17) is 0 Å². The Morgan fingerprint density at radius 3 is 2.29 bits per heavy atom. The smallest absolute Gasteiger partial charge is 0.148 e. The highest BCUT2D eigenvalue weighted by Gasteiger charge is 2.22. The van der Waals surface area contributed by atoms with Gasteiger partial charge in [-0.15, -0.1) is 0 Å². The highest BCUT2D eigenvalue weighted by molar-refractivity contribution is 7.90. The molecule has 1 rings (SSSR count). The van der Waals surface area contributed by atoms with E-state index in [0.29, 0.717) is 6.04 Å². The standard InChI is InChI=1S/C13H27NO2S/c1-4-5-12-6-8-13(9-7-12)14-11(2)10-17(3,15)16/h11-14H,4-10H2,1-3H3. The van der Waals surface area contributed by atoms with Crippen molar-refractivity contribution in [1.29, 1.82) is 0 Å². The summed E-state index contributed by atoms with van der Waals surface area (Å²) in [4.78, 5) is 0. The van der Waals surface area contributed by atoms with Crippen molar-refractivity contribution in [3.05, 3.63) is 0 Å². The van der Waals surface area contributed by atoms with Gasteiger partial charge in [0.05, 0.1) is 5.75 Å². The molecule has 3 nitrogen and oxygen atoms in total. The van der Waals surface area contributed by atoms with Crippen molar-refractivity contribution in [2.45, 2.75) is 64.5 Å². The first-order chi connectivity index (χ1) is 7.90. The lowest BCUT2D eigenvalue weighted by Gasteiger charge is -2.31. The normalized spacial score (nSPS) is 27.9. The maximum atomic E-state index is 11.2. The van der Waals surface area contributed by atoms with Gasteiger partial charge in [0.1, 0.15) is 9.84 Å². The molecule has 0 amide bonds. The molecule has 1 aliphatic carbocycles. The molecule has 0 spiro atoms. The quantitative estimate of drug-likeness (QED) is 0.798. The molecule has 1 atom stereocenters. The van der Waals surface area contributed by atoms with Gasteiger partial charge in [0.2, 0.25) is 0 Å². The van der Waals surface area contributed by atoms with Gasteiger partial charge in [0.25, 0.3) is 0 Å². The van der Waals surface area contributed by atoms with Crippen LogP contribution in [-0.2, 0) is 9.84 Å². The van der Waals surface area contributed by atoms with Crippen molar-refractivity contribution < 1.29 is 8.42 Å². The fourth-order valence-electron chi connectivity index (χ4n) is 2.93. The summed E-state index contributed by atoms with van der Waals surface area (Å²) in [7, 11) is -2.86. The average Bonchev–Trinajstić information content (AvgIpc) is 2.18. The van der Waals surface area contributed by atoms with E-state index in [1.807, 2.05) is 6.92 Å². The van der Waals surface area contributed by atoms with Gasteiger partial charge >= 0.3 is 0 Å². The number of nitrogens with one attached hydrogen (secondary N) is 1. The van der Waals surface area contributed by atoms with Gasteiger partial charge in [-0.25, -0.2) is 8.42 Å². The van der Waals surface area contributed by atoms with Crippen LogP contribution in [0.3, 0.4) is 0 Å². The third-order valence-corrected chi connectivity index (χ3v) is 4.72. The van der Waals surface area contributed by atoms with Gasteiger partial charge in [-0.3, -0.25) is 0 Å². The van der Waals surface area contributed by atoms with Crippen molar-refractivity contribution in [2.24, 2.45) is 5.92 Å². The minimum Gasteiger partial charge on any atom is -0.310 e. The molecule has 0 bridgehead atoms. The molecular formula is C13H27NO2S. The van der Waals surface area contributed by atoms with E-state index in [2.05, 4.69) is 12.2 Å². The molecule has 0 aliphatic heterocycles. The second-order valence-corrected chi connectivity index (χ2v) is 7.85. The van der Waals surface area contributed by atoms with Gasteiger partial charge in [-0.1, -0.05) is 19.8 Å². The van der Waals surface area contributed by atoms with Crippen LogP contribution in [0.15, 0.2) is 0 Å². The van der Waals surface area contributed by atoms with E-state index in [9.17, 15) is 8.42 Å². The van der Waals surface area contributed by atoms with E-state index in [1.54, 1.807) is 0 Å². The number of sulfone groups is 1. The predicted molar refractivity (Wildman–Crippen MR) is 73.0 cm³/mol. The molecule has 0 aromatic heterocycles. The van der Waals surface area contributed by atoms with Crippen LogP contribution in [0.4, 0.5) is 0 Å². The van der Waals surface area contributed by atoms with Crippen LogP contribution in [0.25, 0.3) is 0 Å². The van der Waals surface area contributed by atoms with Crippen LogP contribution >= 0.6 is 0 Å². The summed E-state index contributed by atoms with van der Waals surface area (Å²) < 4.78 is 22.4. The maximum Gasteiger partial charge on any atom is 0.148 e. The van der Waals surface area contributed by atoms with Crippen molar-refractivity contribution in [3.63, 3.8) is 0 Å². The summed E-state index contributed by atoms with van der Waals surface area (Å²) in [5.74, 6) is 1.16. The summed E-state index contributed by atoms with van der Waals surface area (Å²) in [6.07, 6.45) is 8.97. The molecular weight excluding hydrogens is 234 g/mol. The molecule has 102 valence electrons. The van der Waals surface area contributed by atoms with Crippen molar-refractivity contribution in [1.82, 2.24) is 5.32 Å². The molecule has 1 unspecified atom stereocenters. The van der Waals surface area contributed by atoms with Crippen molar-refractivity contribution in [2.75, 3.05) is 12.0 Å². The lowest BCUT2D eigenvalue weighted by Crippen LogP contribution is -2.42. The van der Waals surface area contributed by atoms with E-state index in [-0.39, 0.29) is 11.8 Å². The minimum atomic E-state index is -2.86. The molecule has 0 radical (unpaired) electrons. The largest absolute Gasteiger partial charge is 0.310 e. The van der Waals surface area contributed by atoms with Gasteiger partial charge in [0, 0.05) is 18.3 Å². The Morgan fingerprint density at radius 2 is 1.82 bits per heavy atom. The lowest BCUT2D eigenvalue weighted by atomic mass is 9.83. The average molecular weight is 261 g/mol. The third kappa shape index (κ3) is 6.41. The molecule has 4 heteroatoms. The summed E-state index contributed by atoms with van der Waals surface area (Å²) >= 11 is 0. The highest BCUT2D eigenvalue weighted by atomic mass is 32.2. The SMILES string of the molecule is CCCC1CCC(NC(C)CS(C)(=O)=O)CC1. The first kappa shape index (κ1) is 15.0. The van der Waals surface area contributed by atoms with Crippen molar-refractivity contribution in [3.8, 4) is 0 Å². The predicted octanol–water partition coefficient (Wildman–Crippen LogP) is 2.37. The van der Waals surface area contributed by atoms with Gasteiger partial charge < -0.3 is 5.32 Å². The molecule has 1 saturated carbocycles. The molecule has 1 fully saturated rings. The number of hydrogen-bond donors (Lipinski definition) is 1. The van der Waals surface area contributed by atoms with E-state index >= 15 is 0 Å². The Labute approximate surface area is 106 Å². The van der Waals surface area contributed by atoms with Gasteiger partial charge in [-0.05, 0) is 38.5 Å².